The molecule has 26 heavy (non-hydrogen) atoms. The molecule has 0 fully saturated rings. The van der Waals surface area contributed by atoms with Gasteiger partial charge in [-0.25, -0.2) is 12.7 Å². The highest BCUT2D eigenvalue weighted by molar-refractivity contribution is 7.89. The predicted molar refractivity (Wildman–Crippen MR) is 100 cm³/mol. The number of nitrogens with zero attached hydrogens (tertiary/aromatic N) is 1. The summed E-state index contributed by atoms with van der Waals surface area (Å²) in [6.07, 6.45) is 0.389. The molecule has 0 aliphatic heterocycles. The molecule has 1 atom stereocenters. The number of nitrogens with one attached hydrogen (secondary N) is 1. The van der Waals surface area contributed by atoms with Gasteiger partial charge in [-0.15, -0.1) is 11.3 Å². The molecule has 2 N–H and O–H groups in total. The topological polar surface area (TPSA) is 104 Å². The standard InChI is InChI=1S/C17H20N2O5S2/c1-11(17(21)22)10-12-4-6-13(7-5-12)18-16(20)15-14(8-9-25-15)26(23,24)19(2)3/h4-9,11H,10H2,1-3H3,(H,18,20)(H,21,22). The normalized spacial score (nSPS) is 12.8. The third kappa shape index (κ3) is 4.48. The van der Waals surface area contributed by atoms with E-state index in [9.17, 15) is 18.0 Å². The summed E-state index contributed by atoms with van der Waals surface area (Å²) >= 11 is 1.05. The smallest absolute Gasteiger partial charge is 0.306 e. The summed E-state index contributed by atoms with van der Waals surface area (Å²) in [5.74, 6) is -1.87. The van der Waals surface area contributed by atoms with Crippen LogP contribution in [0.2, 0.25) is 0 Å². The van der Waals surface area contributed by atoms with E-state index in [4.69, 9.17) is 5.11 Å². The number of carbonyl (C=O) groups excluding carboxylic acids is 1. The number of rotatable bonds is 7. The second-order valence-corrected chi connectivity index (χ2v) is 9.03. The lowest BCUT2D eigenvalue weighted by Gasteiger charge is -2.12. The second kappa shape index (κ2) is 7.98. The van der Waals surface area contributed by atoms with Crippen LogP contribution in [0.1, 0.15) is 22.2 Å². The van der Waals surface area contributed by atoms with E-state index in [0.29, 0.717) is 12.1 Å². The van der Waals surface area contributed by atoms with Crippen molar-refractivity contribution in [1.82, 2.24) is 4.31 Å². The van der Waals surface area contributed by atoms with E-state index in [0.717, 1.165) is 21.2 Å². The van der Waals surface area contributed by atoms with Crippen LogP contribution in [0.15, 0.2) is 40.6 Å². The highest BCUT2D eigenvalue weighted by Crippen LogP contribution is 2.25. The van der Waals surface area contributed by atoms with Gasteiger partial charge in [0, 0.05) is 19.8 Å². The van der Waals surface area contributed by atoms with Crippen molar-refractivity contribution in [2.24, 2.45) is 5.92 Å². The second-order valence-electron chi connectivity index (χ2n) is 6.00. The van der Waals surface area contributed by atoms with E-state index in [1.807, 2.05) is 0 Å². The first-order valence-electron chi connectivity index (χ1n) is 7.76. The summed E-state index contributed by atoms with van der Waals surface area (Å²) in [6.45, 7) is 1.63. The fourth-order valence-corrected chi connectivity index (χ4v) is 4.41. The van der Waals surface area contributed by atoms with Gasteiger partial charge in [0.2, 0.25) is 10.0 Å². The minimum Gasteiger partial charge on any atom is -0.481 e. The third-order valence-electron chi connectivity index (χ3n) is 3.77. The van der Waals surface area contributed by atoms with Crippen LogP contribution in [-0.2, 0) is 21.2 Å². The Kier molecular flexibility index (Phi) is 6.17. The molecule has 0 saturated heterocycles. The van der Waals surface area contributed by atoms with Gasteiger partial charge in [0.05, 0.1) is 5.92 Å². The van der Waals surface area contributed by atoms with Crippen LogP contribution >= 0.6 is 11.3 Å². The first-order chi connectivity index (χ1) is 12.1. The lowest BCUT2D eigenvalue weighted by atomic mass is 10.0. The van der Waals surface area contributed by atoms with Gasteiger partial charge in [-0.2, -0.15) is 0 Å². The monoisotopic (exact) mass is 396 g/mol. The Morgan fingerprint density at radius 2 is 1.81 bits per heavy atom. The first kappa shape index (κ1) is 20.1. The van der Waals surface area contributed by atoms with Crippen LogP contribution in [0, 0.1) is 5.92 Å². The van der Waals surface area contributed by atoms with E-state index in [1.54, 1.807) is 36.6 Å². The van der Waals surface area contributed by atoms with Crippen molar-refractivity contribution in [1.29, 1.82) is 0 Å². The summed E-state index contributed by atoms with van der Waals surface area (Å²) in [4.78, 5) is 23.4. The molecule has 1 amide bonds. The maximum Gasteiger partial charge on any atom is 0.306 e. The van der Waals surface area contributed by atoms with Gasteiger partial charge in [-0.05, 0) is 35.6 Å². The fraction of sp³-hybridized carbons (Fsp3) is 0.294. The van der Waals surface area contributed by atoms with Gasteiger partial charge in [0.1, 0.15) is 9.77 Å². The third-order valence-corrected chi connectivity index (χ3v) is 6.67. The molecule has 2 rings (SSSR count). The van der Waals surface area contributed by atoms with Crippen LogP contribution in [0.3, 0.4) is 0 Å². The highest BCUT2D eigenvalue weighted by Gasteiger charge is 2.26. The van der Waals surface area contributed by atoms with Gasteiger partial charge in [-0.1, -0.05) is 19.1 Å². The summed E-state index contributed by atoms with van der Waals surface area (Å²) in [6, 6.07) is 8.21. The molecule has 0 aliphatic carbocycles. The van der Waals surface area contributed by atoms with Crippen LogP contribution in [0.4, 0.5) is 5.69 Å². The summed E-state index contributed by atoms with van der Waals surface area (Å²) in [7, 11) is -0.886. The van der Waals surface area contributed by atoms with Gasteiger partial charge in [0.15, 0.2) is 0 Å². The Morgan fingerprint density at radius 1 is 1.19 bits per heavy atom. The minimum atomic E-state index is -3.70. The van der Waals surface area contributed by atoms with Crippen LogP contribution in [-0.4, -0.2) is 43.8 Å². The summed E-state index contributed by atoms with van der Waals surface area (Å²) < 4.78 is 25.6. The number of carboxylic acid groups (broad SMARTS) is 1. The van der Waals surface area contributed by atoms with E-state index in [1.165, 1.54) is 20.2 Å². The molecular weight excluding hydrogens is 376 g/mol. The molecule has 0 saturated carbocycles. The largest absolute Gasteiger partial charge is 0.481 e. The Labute approximate surface area is 156 Å². The fourth-order valence-electron chi connectivity index (χ4n) is 2.22. The number of amides is 1. The highest BCUT2D eigenvalue weighted by atomic mass is 32.2. The summed E-state index contributed by atoms with van der Waals surface area (Å²) in [5.41, 5.74) is 1.34. The molecule has 0 bridgehead atoms. The first-order valence-corrected chi connectivity index (χ1v) is 10.1. The SMILES string of the molecule is CC(Cc1ccc(NC(=O)c2sccc2S(=O)(=O)N(C)C)cc1)C(=O)O. The molecule has 9 heteroatoms. The Bertz CT molecular complexity index is 901. The van der Waals surface area contributed by atoms with Gasteiger partial charge in [0.25, 0.3) is 5.91 Å². The maximum absolute atomic E-state index is 12.5. The number of sulfonamides is 1. The van der Waals surface area contributed by atoms with E-state index >= 15 is 0 Å². The number of benzene rings is 1. The number of anilines is 1. The molecule has 2 aromatic rings. The lowest BCUT2D eigenvalue weighted by molar-refractivity contribution is -0.141. The Balaban J connectivity index is 2.14. The van der Waals surface area contributed by atoms with Crippen molar-refractivity contribution < 1.29 is 23.1 Å². The Hall–Kier alpha value is -2.23. The molecule has 1 aromatic heterocycles. The van der Waals surface area contributed by atoms with Crippen molar-refractivity contribution >= 4 is 38.9 Å². The quantitative estimate of drug-likeness (QED) is 0.748. The lowest BCUT2D eigenvalue weighted by Crippen LogP contribution is -2.24. The molecule has 0 aliphatic rings. The molecule has 140 valence electrons. The van der Waals surface area contributed by atoms with Crippen molar-refractivity contribution in [2.75, 3.05) is 19.4 Å². The molecule has 0 spiro atoms. The number of carbonyl (C=O) groups is 2. The molecule has 7 nitrogen and oxygen atoms in total. The van der Waals surface area contributed by atoms with Gasteiger partial charge >= 0.3 is 5.97 Å². The zero-order valence-corrected chi connectivity index (χ0v) is 16.2. The van der Waals surface area contributed by atoms with Crippen molar-refractivity contribution in [3.05, 3.63) is 46.2 Å². The molecule has 1 aromatic carbocycles. The van der Waals surface area contributed by atoms with Crippen molar-refractivity contribution in [2.45, 2.75) is 18.2 Å². The van der Waals surface area contributed by atoms with Gasteiger partial charge < -0.3 is 10.4 Å². The zero-order chi connectivity index (χ0) is 19.5. The van der Waals surface area contributed by atoms with Crippen molar-refractivity contribution in [3.8, 4) is 0 Å². The molecular formula is C17H20N2O5S2. The molecule has 1 unspecified atom stereocenters. The van der Waals surface area contributed by atoms with Crippen LogP contribution in [0.5, 0.6) is 0 Å². The average Bonchev–Trinajstić information content (AvgIpc) is 3.07. The zero-order valence-electron chi connectivity index (χ0n) is 14.6. The van der Waals surface area contributed by atoms with E-state index in [-0.39, 0.29) is 9.77 Å². The number of aliphatic carboxylic acids is 1. The average molecular weight is 396 g/mol. The summed E-state index contributed by atoms with van der Waals surface area (Å²) in [5, 5.41) is 13.2. The predicted octanol–water partition coefficient (Wildman–Crippen LogP) is 2.51. The van der Waals surface area contributed by atoms with Crippen LogP contribution in [0.25, 0.3) is 0 Å². The van der Waals surface area contributed by atoms with E-state index in [2.05, 4.69) is 5.32 Å². The van der Waals surface area contributed by atoms with Crippen molar-refractivity contribution in [3.63, 3.8) is 0 Å². The maximum atomic E-state index is 12.5. The molecule has 1 heterocycles. The number of hydrogen-bond donors (Lipinski definition) is 2. The number of carboxylic acids is 1. The number of thiophene rings is 1. The van der Waals surface area contributed by atoms with Gasteiger partial charge in [-0.3, -0.25) is 9.59 Å². The Morgan fingerprint density at radius 3 is 2.35 bits per heavy atom. The van der Waals surface area contributed by atoms with Crippen LogP contribution < -0.4 is 5.32 Å². The number of hydrogen-bond acceptors (Lipinski definition) is 5. The van der Waals surface area contributed by atoms with E-state index < -0.39 is 27.8 Å². The molecule has 0 radical (unpaired) electrons. The minimum absolute atomic E-state index is 0.0306.